The Kier molecular flexibility index (Phi) is 4.07. The first-order valence-electron chi connectivity index (χ1n) is 2.78. The highest BCUT2D eigenvalue weighted by Crippen LogP contribution is 1.88. The quantitative estimate of drug-likeness (QED) is 0.395. The van der Waals surface area contributed by atoms with Crippen LogP contribution in [0.25, 0.3) is 0 Å². The van der Waals surface area contributed by atoms with Crippen molar-refractivity contribution in [1.29, 1.82) is 0 Å². The standard InChI is InChI=1S/C7H11NO2/c1-6(8)3-2-4-7(10)5-9/h2-4,9-10H,1,5,8H2/b3-2-,7-4+. The third-order valence-electron chi connectivity index (χ3n) is 0.761. The Balaban J connectivity index is 3.82. The smallest absolute Gasteiger partial charge is 0.118 e. The summed E-state index contributed by atoms with van der Waals surface area (Å²) in [7, 11) is 0. The van der Waals surface area contributed by atoms with Gasteiger partial charge in [0.05, 0.1) is 0 Å². The molecule has 0 aromatic rings. The van der Waals surface area contributed by atoms with Crippen LogP contribution in [-0.4, -0.2) is 16.8 Å². The molecule has 0 aromatic heterocycles. The van der Waals surface area contributed by atoms with Crippen LogP contribution in [0, 0.1) is 0 Å². The summed E-state index contributed by atoms with van der Waals surface area (Å²) in [5.41, 5.74) is 5.57. The van der Waals surface area contributed by atoms with E-state index < -0.39 is 0 Å². The van der Waals surface area contributed by atoms with Crippen LogP contribution in [0.15, 0.2) is 36.3 Å². The lowest BCUT2D eigenvalue weighted by Crippen LogP contribution is -1.89. The summed E-state index contributed by atoms with van der Waals surface area (Å²) in [6, 6.07) is 0. The minimum Gasteiger partial charge on any atom is -0.510 e. The number of hydrogen-bond donors (Lipinski definition) is 3. The van der Waals surface area contributed by atoms with E-state index in [1.807, 2.05) is 0 Å². The van der Waals surface area contributed by atoms with Crippen LogP contribution in [0.1, 0.15) is 0 Å². The molecule has 0 aliphatic carbocycles. The predicted octanol–water partition coefficient (Wildman–Crippen LogP) is 0.449. The fourth-order valence-electron chi connectivity index (χ4n) is 0.335. The molecule has 0 bridgehead atoms. The molecule has 3 nitrogen and oxygen atoms in total. The largest absolute Gasteiger partial charge is 0.510 e. The minimum atomic E-state index is -0.360. The van der Waals surface area contributed by atoms with Crippen LogP contribution in [0.5, 0.6) is 0 Å². The van der Waals surface area contributed by atoms with Gasteiger partial charge in [0.2, 0.25) is 0 Å². The van der Waals surface area contributed by atoms with Gasteiger partial charge in [0.25, 0.3) is 0 Å². The molecule has 0 aliphatic heterocycles. The molecule has 0 saturated carbocycles. The second-order valence-corrected chi connectivity index (χ2v) is 1.75. The Morgan fingerprint density at radius 3 is 2.60 bits per heavy atom. The molecule has 3 heteroatoms. The number of allylic oxidation sites excluding steroid dienone is 3. The van der Waals surface area contributed by atoms with Gasteiger partial charge in [-0.15, -0.1) is 0 Å². The van der Waals surface area contributed by atoms with Crippen molar-refractivity contribution in [1.82, 2.24) is 0 Å². The van der Waals surface area contributed by atoms with Crippen molar-refractivity contribution >= 4 is 0 Å². The maximum absolute atomic E-state index is 8.66. The highest BCUT2D eigenvalue weighted by Gasteiger charge is 1.82. The average molecular weight is 141 g/mol. The summed E-state index contributed by atoms with van der Waals surface area (Å²) >= 11 is 0. The SMILES string of the molecule is C=C(N)/C=C\C=C(\O)CO. The first kappa shape index (κ1) is 8.78. The van der Waals surface area contributed by atoms with Crippen molar-refractivity contribution in [3.05, 3.63) is 36.3 Å². The lowest BCUT2D eigenvalue weighted by molar-refractivity contribution is 0.253. The van der Waals surface area contributed by atoms with Crippen molar-refractivity contribution in [2.75, 3.05) is 6.61 Å². The molecule has 56 valence electrons. The highest BCUT2D eigenvalue weighted by atomic mass is 16.3. The molecule has 4 N–H and O–H groups in total. The molecule has 0 saturated heterocycles. The Morgan fingerprint density at radius 2 is 2.20 bits per heavy atom. The lowest BCUT2D eigenvalue weighted by Gasteiger charge is -1.88. The lowest BCUT2D eigenvalue weighted by atomic mass is 10.4. The normalized spacial score (nSPS) is 12.3. The average Bonchev–Trinajstić information content (AvgIpc) is 1.87. The maximum atomic E-state index is 8.66. The first-order valence-corrected chi connectivity index (χ1v) is 2.78. The zero-order valence-corrected chi connectivity index (χ0v) is 5.62. The van der Waals surface area contributed by atoms with E-state index in [-0.39, 0.29) is 12.4 Å². The van der Waals surface area contributed by atoms with E-state index in [0.717, 1.165) is 0 Å². The monoisotopic (exact) mass is 141 g/mol. The van der Waals surface area contributed by atoms with Crippen LogP contribution >= 0.6 is 0 Å². The first-order chi connectivity index (χ1) is 4.66. The zero-order chi connectivity index (χ0) is 7.98. The second kappa shape index (κ2) is 4.64. The zero-order valence-electron chi connectivity index (χ0n) is 5.62. The molecule has 0 aromatic carbocycles. The molecule has 0 spiro atoms. The van der Waals surface area contributed by atoms with Gasteiger partial charge in [0, 0.05) is 5.70 Å². The molecule has 0 amide bonds. The Labute approximate surface area is 59.8 Å². The number of rotatable bonds is 3. The van der Waals surface area contributed by atoms with Crippen molar-refractivity contribution in [2.45, 2.75) is 0 Å². The molecule has 0 unspecified atom stereocenters. The van der Waals surface area contributed by atoms with E-state index in [4.69, 9.17) is 15.9 Å². The van der Waals surface area contributed by atoms with Gasteiger partial charge >= 0.3 is 0 Å². The van der Waals surface area contributed by atoms with E-state index in [1.165, 1.54) is 18.2 Å². The van der Waals surface area contributed by atoms with Crippen LogP contribution in [-0.2, 0) is 0 Å². The third kappa shape index (κ3) is 4.93. The highest BCUT2D eigenvalue weighted by molar-refractivity contribution is 5.17. The van der Waals surface area contributed by atoms with Gasteiger partial charge in [-0.1, -0.05) is 12.7 Å². The summed E-state index contributed by atoms with van der Waals surface area (Å²) in [6.45, 7) is 3.04. The molecule has 10 heavy (non-hydrogen) atoms. The molecular weight excluding hydrogens is 130 g/mol. The van der Waals surface area contributed by atoms with Crippen molar-refractivity contribution in [3.8, 4) is 0 Å². The third-order valence-corrected chi connectivity index (χ3v) is 0.761. The van der Waals surface area contributed by atoms with Crippen molar-refractivity contribution < 1.29 is 10.2 Å². The van der Waals surface area contributed by atoms with E-state index in [1.54, 1.807) is 0 Å². The Morgan fingerprint density at radius 1 is 1.60 bits per heavy atom. The van der Waals surface area contributed by atoms with E-state index in [9.17, 15) is 0 Å². The van der Waals surface area contributed by atoms with Gasteiger partial charge in [-0.25, -0.2) is 0 Å². The van der Waals surface area contributed by atoms with Gasteiger partial charge in [-0.05, 0) is 12.2 Å². The summed E-state index contributed by atoms with van der Waals surface area (Å²) in [6.07, 6.45) is 4.37. The fourth-order valence-corrected chi connectivity index (χ4v) is 0.335. The summed E-state index contributed by atoms with van der Waals surface area (Å²) < 4.78 is 0. The number of nitrogens with two attached hydrogens (primary N) is 1. The minimum absolute atomic E-state index is 0.0995. The van der Waals surface area contributed by atoms with E-state index in [2.05, 4.69) is 6.58 Å². The van der Waals surface area contributed by atoms with E-state index in [0.29, 0.717) is 5.70 Å². The Bertz CT molecular complexity index is 170. The predicted molar refractivity (Wildman–Crippen MR) is 40.3 cm³/mol. The summed E-state index contributed by atoms with van der Waals surface area (Å²) in [5.74, 6) is -0.0995. The van der Waals surface area contributed by atoms with Crippen molar-refractivity contribution in [3.63, 3.8) is 0 Å². The second-order valence-electron chi connectivity index (χ2n) is 1.75. The molecule has 0 rings (SSSR count). The van der Waals surface area contributed by atoms with Crippen LogP contribution < -0.4 is 5.73 Å². The maximum Gasteiger partial charge on any atom is 0.118 e. The Hall–Kier alpha value is -1.22. The van der Waals surface area contributed by atoms with Crippen LogP contribution in [0.4, 0.5) is 0 Å². The van der Waals surface area contributed by atoms with Crippen LogP contribution in [0.3, 0.4) is 0 Å². The van der Waals surface area contributed by atoms with Gasteiger partial charge in [-0.2, -0.15) is 0 Å². The topological polar surface area (TPSA) is 66.5 Å². The van der Waals surface area contributed by atoms with Crippen molar-refractivity contribution in [2.24, 2.45) is 5.73 Å². The van der Waals surface area contributed by atoms with E-state index >= 15 is 0 Å². The van der Waals surface area contributed by atoms with Crippen LogP contribution in [0.2, 0.25) is 0 Å². The molecule has 0 fully saturated rings. The summed E-state index contributed by atoms with van der Waals surface area (Å²) in [5, 5.41) is 17.0. The number of aliphatic hydroxyl groups excluding tert-OH is 2. The molecule has 0 atom stereocenters. The molecule has 0 heterocycles. The van der Waals surface area contributed by atoms with Gasteiger partial charge in [0.1, 0.15) is 12.4 Å². The molecular formula is C7H11NO2. The van der Waals surface area contributed by atoms with Gasteiger partial charge < -0.3 is 15.9 Å². The number of aliphatic hydroxyl groups is 2. The molecule has 0 aliphatic rings. The number of hydrogen-bond acceptors (Lipinski definition) is 3. The van der Waals surface area contributed by atoms with Gasteiger partial charge in [0.15, 0.2) is 0 Å². The van der Waals surface area contributed by atoms with Gasteiger partial charge in [-0.3, -0.25) is 0 Å². The molecule has 0 radical (unpaired) electrons. The summed E-state index contributed by atoms with van der Waals surface area (Å²) in [4.78, 5) is 0. The fraction of sp³-hybridized carbons (Fsp3) is 0.143.